The molecule has 0 aromatic carbocycles. The third kappa shape index (κ3) is 4.71. The summed E-state index contributed by atoms with van der Waals surface area (Å²) in [5, 5.41) is 9.20. The van der Waals surface area contributed by atoms with Crippen molar-refractivity contribution >= 4 is 18.4 Å². The molecule has 2 amide bonds. The van der Waals surface area contributed by atoms with E-state index in [4.69, 9.17) is 0 Å². The lowest BCUT2D eigenvalue weighted by atomic mass is 10.00. The molecule has 3 N–H and O–H groups in total. The van der Waals surface area contributed by atoms with Crippen LogP contribution >= 0.6 is 12.4 Å². The zero-order valence-electron chi connectivity index (χ0n) is 8.92. The molecule has 0 radical (unpaired) electrons. The van der Waals surface area contributed by atoms with E-state index in [1.807, 2.05) is 0 Å². The smallest absolute Gasteiger partial charge is 0.315 e. The van der Waals surface area contributed by atoms with Gasteiger partial charge < -0.3 is 16.0 Å². The van der Waals surface area contributed by atoms with Crippen LogP contribution in [-0.4, -0.2) is 31.7 Å². The molecular weight excluding hydrogens is 214 g/mol. The number of halogens is 1. The maximum Gasteiger partial charge on any atom is 0.315 e. The molecule has 15 heavy (non-hydrogen) atoms. The van der Waals surface area contributed by atoms with Gasteiger partial charge in [0, 0.05) is 12.6 Å². The van der Waals surface area contributed by atoms with Gasteiger partial charge in [-0.25, -0.2) is 4.79 Å². The Morgan fingerprint density at radius 1 is 1.33 bits per heavy atom. The Kier molecular flexibility index (Phi) is 5.19. The van der Waals surface area contributed by atoms with Gasteiger partial charge in [0.05, 0.1) is 0 Å². The van der Waals surface area contributed by atoms with E-state index in [9.17, 15) is 4.79 Å². The molecule has 1 aliphatic heterocycles. The first kappa shape index (κ1) is 12.6. The topological polar surface area (TPSA) is 53.2 Å². The van der Waals surface area contributed by atoms with E-state index in [1.54, 1.807) is 0 Å². The largest absolute Gasteiger partial charge is 0.338 e. The zero-order chi connectivity index (χ0) is 9.80. The number of urea groups is 1. The van der Waals surface area contributed by atoms with Gasteiger partial charge >= 0.3 is 6.03 Å². The summed E-state index contributed by atoms with van der Waals surface area (Å²) in [4.78, 5) is 11.3. The van der Waals surface area contributed by atoms with Crippen LogP contribution in [0.4, 0.5) is 4.79 Å². The van der Waals surface area contributed by atoms with Crippen LogP contribution in [0.2, 0.25) is 0 Å². The minimum absolute atomic E-state index is 0. The van der Waals surface area contributed by atoms with E-state index >= 15 is 0 Å². The van der Waals surface area contributed by atoms with Gasteiger partial charge in [-0.1, -0.05) is 0 Å². The van der Waals surface area contributed by atoms with Crippen LogP contribution in [0.15, 0.2) is 0 Å². The maximum absolute atomic E-state index is 11.3. The summed E-state index contributed by atoms with van der Waals surface area (Å²) in [6, 6.07) is 0.470. The number of nitrogens with one attached hydrogen (secondary N) is 3. The second kappa shape index (κ2) is 6.18. The number of carbonyl (C=O) groups is 1. The van der Waals surface area contributed by atoms with Crippen molar-refractivity contribution in [1.29, 1.82) is 0 Å². The van der Waals surface area contributed by atoms with Gasteiger partial charge in [-0.3, -0.25) is 0 Å². The van der Waals surface area contributed by atoms with Crippen molar-refractivity contribution in [3.8, 4) is 0 Å². The fraction of sp³-hybridized carbons (Fsp3) is 0.900. The van der Waals surface area contributed by atoms with Gasteiger partial charge in [-0.2, -0.15) is 0 Å². The Labute approximate surface area is 97.0 Å². The van der Waals surface area contributed by atoms with Crippen molar-refractivity contribution < 1.29 is 4.79 Å². The van der Waals surface area contributed by atoms with Crippen LogP contribution in [0, 0.1) is 5.92 Å². The van der Waals surface area contributed by atoms with Crippen molar-refractivity contribution in [2.75, 3.05) is 19.6 Å². The number of carbonyl (C=O) groups excluding carboxylic acids is 1. The zero-order valence-corrected chi connectivity index (χ0v) is 9.74. The Balaban J connectivity index is 0.00000112. The molecule has 2 fully saturated rings. The first-order valence-electron chi connectivity index (χ1n) is 5.59. The Bertz CT molecular complexity index is 203. The molecule has 1 heterocycles. The summed E-state index contributed by atoms with van der Waals surface area (Å²) in [5.41, 5.74) is 0. The van der Waals surface area contributed by atoms with Crippen LogP contribution in [0.3, 0.4) is 0 Å². The lowest BCUT2D eigenvalue weighted by molar-refractivity contribution is 0.236. The van der Waals surface area contributed by atoms with Gasteiger partial charge in [0.15, 0.2) is 0 Å². The second-order valence-electron chi connectivity index (χ2n) is 4.34. The molecular formula is C10H20ClN3O. The second-order valence-corrected chi connectivity index (χ2v) is 4.34. The Hall–Kier alpha value is -0.480. The molecule has 0 spiro atoms. The average Bonchev–Trinajstić information content (AvgIpc) is 3.00. The lowest BCUT2D eigenvalue weighted by Gasteiger charge is -2.22. The standard InChI is InChI=1S/C10H19N3O.ClH/c14-10(13-9-3-4-9)12-7-8-2-1-5-11-6-8;/h8-9,11H,1-7H2,(H2,12,13,14);1H. The van der Waals surface area contributed by atoms with Gasteiger partial charge in [0.2, 0.25) is 0 Å². The highest BCUT2D eigenvalue weighted by Gasteiger charge is 2.23. The van der Waals surface area contributed by atoms with E-state index in [0.29, 0.717) is 12.0 Å². The third-order valence-electron chi connectivity index (χ3n) is 2.86. The molecule has 2 rings (SSSR count). The summed E-state index contributed by atoms with van der Waals surface area (Å²) in [7, 11) is 0. The molecule has 1 atom stereocenters. The SMILES string of the molecule is Cl.O=C(NCC1CCCNC1)NC1CC1. The Morgan fingerprint density at radius 2 is 2.13 bits per heavy atom. The van der Waals surface area contributed by atoms with E-state index in [-0.39, 0.29) is 18.4 Å². The number of rotatable bonds is 3. The Morgan fingerprint density at radius 3 is 2.73 bits per heavy atom. The van der Waals surface area contributed by atoms with E-state index in [0.717, 1.165) is 32.5 Å². The number of amides is 2. The van der Waals surface area contributed by atoms with Crippen LogP contribution in [0.25, 0.3) is 0 Å². The van der Waals surface area contributed by atoms with Crippen molar-refractivity contribution in [2.24, 2.45) is 5.92 Å². The molecule has 5 heteroatoms. The van der Waals surface area contributed by atoms with Crippen molar-refractivity contribution in [3.05, 3.63) is 0 Å². The third-order valence-corrected chi connectivity index (χ3v) is 2.86. The molecule has 0 aromatic rings. The normalized spacial score (nSPS) is 25.2. The van der Waals surface area contributed by atoms with Gasteiger partial charge in [0.1, 0.15) is 0 Å². The predicted octanol–water partition coefficient (Wildman–Crippen LogP) is 0.869. The average molecular weight is 234 g/mol. The molecule has 1 unspecified atom stereocenters. The summed E-state index contributed by atoms with van der Waals surface area (Å²) in [5.74, 6) is 0.619. The summed E-state index contributed by atoms with van der Waals surface area (Å²) < 4.78 is 0. The van der Waals surface area contributed by atoms with Crippen LogP contribution in [0.5, 0.6) is 0 Å². The quantitative estimate of drug-likeness (QED) is 0.678. The lowest BCUT2D eigenvalue weighted by Crippen LogP contribution is -2.42. The van der Waals surface area contributed by atoms with Crippen molar-refractivity contribution in [1.82, 2.24) is 16.0 Å². The number of hydrogen-bond acceptors (Lipinski definition) is 2. The van der Waals surface area contributed by atoms with Gasteiger partial charge in [-0.05, 0) is 44.7 Å². The highest BCUT2D eigenvalue weighted by Crippen LogP contribution is 2.18. The monoisotopic (exact) mass is 233 g/mol. The summed E-state index contributed by atoms with van der Waals surface area (Å²) in [6.45, 7) is 2.99. The maximum atomic E-state index is 11.3. The van der Waals surface area contributed by atoms with Crippen LogP contribution in [0.1, 0.15) is 25.7 Å². The van der Waals surface area contributed by atoms with E-state index < -0.39 is 0 Å². The first-order chi connectivity index (χ1) is 6.84. The van der Waals surface area contributed by atoms with Crippen molar-refractivity contribution in [2.45, 2.75) is 31.7 Å². The summed E-state index contributed by atoms with van der Waals surface area (Å²) in [6.07, 6.45) is 4.77. The molecule has 1 aliphatic carbocycles. The first-order valence-corrected chi connectivity index (χ1v) is 5.59. The fourth-order valence-electron chi connectivity index (χ4n) is 1.80. The van der Waals surface area contributed by atoms with Gasteiger partial charge in [-0.15, -0.1) is 12.4 Å². The molecule has 88 valence electrons. The van der Waals surface area contributed by atoms with Crippen molar-refractivity contribution in [3.63, 3.8) is 0 Å². The van der Waals surface area contributed by atoms with Crippen LogP contribution < -0.4 is 16.0 Å². The molecule has 1 saturated carbocycles. The number of piperidine rings is 1. The highest BCUT2D eigenvalue weighted by atomic mass is 35.5. The molecule has 4 nitrogen and oxygen atoms in total. The van der Waals surface area contributed by atoms with E-state index in [1.165, 1.54) is 12.8 Å². The molecule has 1 saturated heterocycles. The van der Waals surface area contributed by atoms with Gasteiger partial charge in [0.25, 0.3) is 0 Å². The molecule has 0 aromatic heterocycles. The minimum atomic E-state index is 0. The predicted molar refractivity (Wildman–Crippen MR) is 62.4 cm³/mol. The summed E-state index contributed by atoms with van der Waals surface area (Å²) >= 11 is 0. The number of hydrogen-bond donors (Lipinski definition) is 3. The highest BCUT2D eigenvalue weighted by molar-refractivity contribution is 5.85. The fourth-order valence-corrected chi connectivity index (χ4v) is 1.80. The molecule has 2 aliphatic rings. The minimum Gasteiger partial charge on any atom is -0.338 e. The van der Waals surface area contributed by atoms with E-state index in [2.05, 4.69) is 16.0 Å². The van der Waals surface area contributed by atoms with Crippen LogP contribution in [-0.2, 0) is 0 Å². The molecule has 0 bridgehead atoms.